The van der Waals surface area contributed by atoms with Crippen molar-refractivity contribution >= 4 is 23.5 Å². The Hall–Kier alpha value is -3.00. The van der Waals surface area contributed by atoms with Crippen molar-refractivity contribution in [2.45, 2.75) is 24.5 Å². The topological polar surface area (TPSA) is 54.0 Å². The van der Waals surface area contributed by atoms with Crippen molar-refractivity contribution in [1.82, 2.24) is 9.80 Å². The van der Waals surface area contributed by atoms with E-state index < -0.39 is 0 Å². The second-order valence-corrected chi connectivity index (χ2v) is 9.69. The van der Waals surface area contributed by atoms with Crippen LogP contribution in [0.15, 0.2) is 83.8 Å². The molecular formula is C29H35N3O3S. The number of anilines is 1. The first-order chi connectivity index (χ1) is 17.7. The molecule has 0 unspecified atom stereocenters. The number of rotatable bonds is 11. The molecule has 0 radical (unpaired) electrons. The molecule has 0 saturated carbocycles. The molecule has 0 aromatic heterocycles. The Balaban J connectivity index is 1.39. The Morgan fingerprint density at radius 2 is 1.75 bits per heavy atom. The first-order valence-corrected chi connectivity index (χ1v) is 13.7. The molecule has 4 rings (SSSR count). The maximum Gasteiger partial charge on any atom is 0.322 e. The van der Waals surface area contributed by atoms with Gasteiger partial charge in [0.2, 0.25) is 0 Å². The fraction of sp³-hybridized carbons (Fsp3) is 0.345. The number of ether oxygens (including phenoxy) is 2. The molecule has 0 bridgehead atoms. The van der Waals surface area contributed by atoms with Gasteiger partial charge in [0.1, 0.15) is 12.4 Å². The predicted molar refractivity (Wildman–Crippen MR) is 147 cm³/mol. The standard InChI is InChI=1S/C29H35N3O3S/c1-36-28-13-11-26(12-14-28)30-29(33)32(16-6-15-31-17-19-34-20-18-31)22-25-9-5-10-27(21-25)35-23-24-7-3-2-4-8-24/h2-5,7-14,21H,6,15-20,22-23H2,1H3,(H,30,33). The fourth-order valence-electron chi connectivity index (χ4n) is 4.13. The number of morpholine rings is 1. The van der Waals surface area contributed by atoms with Crippen LogP contribution in [0, 0.1) is 0 Å². The summed E-state index contributed by atoms with van der Waals surface area (Å²) in [4.78, 5) is 18.8. The fourth-order valence-corrected chi connectivity index (χ4v) is 4.54. The van der Waals surface area contributed by atoms with E-state index in [1.807, 2.05) is 77.9 Å². The van der Waals surface area contributed by atoms with E-state index in [0.717, 1.165) is 61.8 Å². The summed E-state index contributed by atoms with van der Waals surface area (Å²) in [6.45, 7) is 6.12. The maximum absolute atomic E-state index is 13.3. The van der Waals surface area contributed by atoms with E-state index in [1.54, 1.807) is 11.8 Å². The minimum absolute atomic E-state index is 0.0931. The quantitative estimate of drug-likeness (QED) is 0.337. The molecule has 7 heteroatoms. The second-order valence-electron chi connectivity index (χ2n) is 8.81. The summed E-state index contributed by atoms with van der Waals surface area (Å²) in [5, 5.41) is 3.08. The van der Waals surface area contributed by atoms with Gasteiger partial charge in [-0.2, -0.15) is 0 Å². The summed E-state index contributed by atoms with van der Waals surface area (Å²) in [6.07, 6.45) is 2.95. The minimum Gasteiger partial charge on any atom is -0.489 e. The molecule has 1 N–H and O–H groups in total. The maximum atomic E-state index is 13.3. The van der Waals surface area contributed by atoms with Gasteiger partial charge in [0.15, 0.2) is 0 Å². The Morgan fingerprint density at radius 1 is 1.00 bits per heavy atom. The number of hydrogen-bond acceptors (Lipinski definition) is 5. The highest BCUT2D eigenvalue weighted by atomic mass is 32.2. The SMILES string of the molecule is CSc1ccc(NC(=O)N(CCCN2CCOCC2)Cc2cccc(OCc3ccccc3)c2)cc1. The molecule has 1 saturated heterocycles. The molecule has 1 heterocycles. The van der Waals surface area contributed by atoms with Gasteiger partial charge < -0.3 is 19.7 Å². The molecule has 0 aliphatic carbocycles. The van der Waals surface area contributed by atoms with E-state index in [0.29, 0.717) is 19.7 Å². The highest BCUT2D eigenvalue weighted by Gasteiger charge is 2.16. The van der Waals surface area contributed by atoms with Crippen LogP contribution < -0.4 is 10.1 Å². The number of thioether (sulfide) groups is 1. The highest BCUT2D eigenvalue weighted by molar-refractivity contribution is 7.98. The van der Waals surface area contributed by atoms with Crippen LogP contribution in [-0.2, 0) is 17.9 Å². The van der Waals surface area contributed by atoms with Crippen LogP contribution in [0.2, 0.25) is 0 Å². The van der Waals surface area contributed by atoms with Crippen molar-refractivity contribution in [3.8, 4) is 5.75 Å². The van der Waals surface area contributed by atoms with Gasteiger partial charge in [-0.3, -0.25) is 4.90 Å². The van der Waals surface area contributed by atoms with Gasteiger partial charge >= 0.3 is 6.03 Å². The third-order valence-electron chi connectivity index (χ3n) is 6.15. The third kappa shape index (κ3) is 8.29. The van der Waals surface area contributed by atoms with Gasteiger partial charge in [-0.05, 0) is 60.2 Å². The minimum atomic E-state index is -0.0931. The van der Waals surface area contributed by atoms with E-state index >= 15 is 0 Å². The Kier molecular flexibility index (Phi) is 10.1. The van der Waals surface area contributed by atoms with E-state index in [9.17, 15) is 4.79 Å². The van der Waals surface area contributed by atoms with Crippen molar-refractivity contribution in [1.29, 1.82) is 0 Å². The van der Waals surface area contributed by atoms with Gasteiger partial charge in [-0.15, -0.1) is 11.8 Å². The molecule has 2 amide bonds. The van der Waals surface area contributed by atoms with Crippen LogP contribution in [0.4, 0.5) is 10.5 Å². The van der Waals surface area contributed by atoms with E-state index in [-0.39, 0.29) is 6.03 Å². The largest absolute Gasteiger partial charge is 0.489 e. The second kappa shape index (κ2) is 13.9. The average molecular weight is 506 g/mol. The number of benzene rings is 3. The van der Waals surface area contributed by atoms with Gasteiger partial charge in [0, 0.05) is 43.3 Å². The number of amides is 2. The third-order valence-corrected chi connectivity index (χ3v) is 6.90. The van der Waals surface area contributed by atoms with Crippen LogP contribution in [0.3, 0.4) is 0 Å². The summed E-state index contributed by atoms with van der Waals surface area (Å²) in [5.74, 6) is 0.803. The average Bonchev–Trinajstić information content (AvgIpc) is 2.93. The Labute approximate surface area is 218 Å². The van der Waals surface area contributed by atoms with Gasteiger partial charge in [-0.1, -0.05) is 42.5 Å². The van der Waals surface area contributed by atoms with Crippen LogP contribution >= 0.6 is 11.8 Å². The Morgan fingerprint density at radius 3 is 2.50 bits per heavy atom. The van der Waals surface area contributed by atoms with E-state index in [4.69, 9.17) is 9.47 Å². The van der Waals surface area contributed by atoms with Crippen molar-refractivity contribution in [2.75, 3.05) is 51.0 Å². The summed E-state index contributed by atoms with van der Waals surface area (Å²) in [6, 6.07) is 26.0. The zero-order valence-electron chi connectivity index (χ0n) is 20.9. The monoisotopic (exact) mass is 505 g/mol. The van der Waals surface area contributed by atoms with Crippen molar-refractivity contribution in [3.05, 3.63) is 90.0 Å². The van der Waals surface area contributed by atoms with E-state index in [2.05, 4.69) is 22.3 Å². The molecule has 0 atom stereocenters. The molecule has 1 aliphatic heterocycles. The lowest BCUT2D eigenvalue weighted by Crippen LogP contribution is -2.40. The van der Waals surface area contributed by atoms with Crippen LogP contribution in [0.1, 0.15) is 17.5 Å². The van der Waals surface area contributed by atoms with Crippen molar-refractivity contribution in [2.24, 2.45) is 0 Å². The van der Waals surface area contributed by atoms with Crippen LogP contribution in [-0.4, -0.2) is 61.5 Å². The number of hydrogen-bond donors (Lipinski definition) is 1. The molecule has 1 fully saturated rings. The summed E-state index contributed by atoms with van der Waals surface area (Å²) in [5.41, 5.74) is 2.97. The number of carbonyl (C=O) groups is 1. The molecule has 36 heavy (non-hydrogen) atoms. The van der Waals surface area contributed by atoms with Crippen molar-refractivity contribution < 1.29 is 14.3 Å². The van der Waals surface area contributed by atoms with E-state index in [1.165, 1.54) is 4.90 Å². The molecule has 3 aromatic rings. The lowest BCUT2D eigenvalue weighted by molar-refractivity contribution is 0.0365. The summed E-state index contributed by atoms with van der Waals surface area (Å²) >= 11 is 1.68. The zero-order valence-corrected chi connectivity index (χ0v) is 21.7. The summed E-state index contributed by atoms with van der Waals surface area (Å²) in [7, 11) is 0. The Bertz CT molecular complexity index is 1070. The smallest absolute Gasteiger partial charge is 0.322 e. The van der Waals surface area contributed by atoms with Gasteiger partial charge in [0.05, 0.1) is 13.2 Å². The summed E-state index contributed by atoms with van der Waals surface area (Å²) < 4.78 is 11.5. The number of nitrogens with zero attached hydrogens (tertiary/aromatic N) is 2. The highest BCUT2D eigenvalue weighted by Crippen LogP contribution is 2.20. The van der Waals surface area contributed by atoms with Gasteiger partial charge in [0.25, 0.3) is 0 Å². The molecule has 0 spiro atoms. The molecular weight excluding hydrogens is 470 g/mol. The molecule has 6 nitrogen and oxygen atoms in total. The number of carbonyl (C=O) groups excluding carboxylic acids is 1. The normalized spacial score (nSPS) is 13.8. The number of nitrogens with one attached hydrogen (secondary N) is 1. The lowest BCUT2D eigenvalue weighted by atomic mass is 10.2. The molecule has 190 valence electrons. The lowest BCUT2D eigenvalue weighted by Gasteiger charge is -2.28. The first-order valence-electron chi connectivity index (χ1n) is 12.5. The van der Waals surface area contributed by atoms with Gasteiger partial charge in [-0.25, -0.2) is 4.79 Å². The zero-order chi connectivity index (χ0) is 25.0. The molecule has 1 aliphatic rings. The van der Waals surface area contributed by atoms with Crippen LogP contribution in [0.25, 0.3) is 0 Å². The molecule has 3 aromatic carbocycles. The van der Waals surface area contributed by atoms with Crippen molar-refractivity contribution in [3.63, 3.8) is 0 Å². The number of urea groups is 1. The van der Waals surface area contributed by atoms with Crippen LogP contribution in [0.5, 0.6) is 5.75 Å². The first kappa shape index (κ1) is 26.1. The predicted octanol–water partition coefficient (Wildman–Crippen LogP) is 5.74.